The molecule has 0 amide bonds. The summed E-state index contributed by atoms with van der Waals surface area (Å²) in [6.07, 6.45) is 6.46. The maximum atomic E-state index is 12.8. The third-order valence-electron chi connectivity index (χ3n) is 4.41. The molecule has 1 aliphatic rings. The normalized spacial score (nSPS) is 17.7. The van der Waals surface area contributed by atoms with Crippen molar-refractivity contribution in [3.63, 3.8) is 0 Å². The van der Waals surface area contributed by atoms with Crippen LogP contribution in [-0.2, 0) is 10.0 Å². The van der Waals surface area contributed by atoms with Gasteiger partial charge in [-0.3, -0.25) is 0 Å². The fourth-order valence-electron chi connectivity index (χ4n) is 3.27. The summed E-state index contributed by atoms with van der Waals surface area (Å²) in [5, 5.41) is 0. The highest BCUT2D eigenvalue weighted by atomic mass is 32.2. The fourth-order valence-corrected chi connectivity index (χ4v) is 5.06. The van der Waals surface area contributed by atoms with Crippen LogP contribution in [0.25, 0.3) is 0 Å². The molecule has 1 saturated carbocycles. The van der Waals surface area contributed by atoms with E-state index < -0.39 is 10.0 Å². The largest absolute Gasteiger partial charge is 0.398 e. The van der Waals surface area contributed by atoms with Crippen molar-refractivity contribution >= 4 is 15.7 Å². The van der Waals surface area contributed by atoms with Crippen molar-refractivity contribution in [2.75, 3.05) is 5.73 Å². The predicted molar refractivity (Wildman–Crippen MR) is 86.9 cm³/mol. The zero-order valence-corrected chi connectivity index (χ0v) is 14.0. The van der Waals surface area contributed by atoms with Crippen LogP contribution >= 0.6 is 0 Å². The van der Waals surface area contributed by atoms with Crippen LogP contribution in [0.15, 0.2) is 11.0 Å². The van der Waals surface area contributed by atoms with Gasteiger partial charge in [0.1, 0.15) is 0 Å². The highest BCUT2D eigenvalue weighted by Gasteiger charge is 2.25. The van der Waals surface area contributed by atoms with Gasteiger partial charge in [0.25, 0.3) is 0 Å². The molecule has 0 heterocycles. The first kappa shape index (κ1) is 16.3. The van der Waals surface area contributed by atoms with Crippen LogP contribution in [0.5, 0.6) is 0 Å². The summed E-state index contributed by atoms with van der Waals surface area (Å²) >= 11 is 0. The van der Waals surface area contributed by atoms with Crippen LogP contribution in [0.2, 0.25) is 0 Å². The Hall–Kier alpha value is -1.07. The molecule has 0 aromatic heterocycles. The number of nitrogens with one attached hydrogen (secondary N) is 1. The second-order valence-corrected chi connectivity index (χ2v) is 7.84. The molecule has 1 aromatic carbocycles. The average molecular weight is 310 g/mol. The maximum Gasteiger partial charge on any atom is 0.241 e. The van der Waals surface area contributed by atoms with Gasteiger partial charge < -0.3 is 5.73 Å². The maximum absolute atomic E-state index is 12.8. The topological polar surface area (TPSA) is 72.2 Å². The van der Waals surface area contributed by atoms with Crippen LogP contribution in [0, 0.1) is 20.8 Å². The van der Waals surface area contributed by atoms with Crippen molar-refractivity contribution in [2.24, 2.45) is 0 Å². The zero-order valence-electron chi connectivity index (χ0n) is 13.2. The number of rotatable bonds is 3. The third kappa shape index (κ3) is 3.58. The van der Waals surface area contributed by atoms with Gasteiger partial charge in [-0.2, -0.15) is 0 Å². The van der Waals surface area contributed by atoms with Gasteiger partial charge in [0.05, 0.1) is 4.90 Å². The van der Waals surface area contributed by atoms with E-state index >= 15 is 0 Å². The second kappa shape index (κ2) is 6.36. The number of aryl methyl sites for hydroxylation is 2. The summed E-state index contributed by atoms with van der Waals surface area (Å²) in [7, 11) is -3.51. The molecule has 118 valence electrons. The number of hydrogen-bond acceptors (Lipinski definition) is 3. The standard InChI is InChI=1S/C16H26N2O2S/c1-11-10-12(2)16(13(3)15(11)17)21(19,20)18-14-8-6-4-5-7-9-14/h10,14,18H,4-9,17H2,1-3H3. The summed E-state index contributed by atoms with van der Waals surface area (Å²) in [4.78, 5) is 0.356. The van der Waals surface area contributed by atoms with Gasteiger partial charge in [-0.15, -0.1) is 0 Å². The Labute approximate surface area is 128 Å². The van der Waals surface area contributed by atoms with Crippen LogP contribution in [0.3, 0.4) is 0 Å². The Morgan fingerprint density at radius 1 is 1.05 bits per heavy atom. The summed E-state index contributed by atoms with van der Waals surface area (Å²) < 4.78 is 28.4. The smallest absolute Gasteiger partial charge is 0.241 e. The summed E-state index contributed by atoms with van der Waals surface area (Å²) in [5.41, 5.74) is 8.94. The molecule has 1 fully saturated rings. The molecule has 0 spiro atoms. The summed E-state index contributed by atoms with van der Waals surface area (Å²) in [5.74, 6) is 0. The molecule has 1 aliphatic carbocycles. The van der Waals surface area contributed by atoms with Gasteiger partial charge in [0.2, 0.25) is 10.0 Å². The number of nitrogen functional groups attached to an aromatic ring is 1. The van der Waals surface area contributed by atoms with Crippen molar-refractivity contribution < 1.29 is 8.42 Å². The monoisotopic (exact) mass is 310 g/mol. The van der Waals surface area contributed by atoms with E-state index in [4.69, 9.17) is 5.73 Å². The molecule has 0 unspecified atom stereocenters. The van der Waals surface area contributed by atoms with Gasteiger partial charge in [-0.25, -0.2) is 13.1 Å². The minimum atomic E-state index is -3.51. The van der Waals surface area contributed by atoms with E-state index in [-0.39, 0.29) is 6.04 Å². The lowest BCUT2D eigenvalue weighted by Gasteiger charge is -2.20. The number of nitrogens with two attached hydrogens (primary N) is 1. The Balaban J connectivity index is 2.33. The lowest BCUT2D eigenvalue weighted by Crippen LogP contribution is -2.35. The third-order valence-corrected chi connectivity index (χ3v) is 6.22. The summed E-state index contributed by atoms with van der Waals surface area (Å²) in [6, 6.07) is 1.91. The Bertz CT molecular complexity index is 616. The van der Waals surface area contributed by atoms with E-state index in [1.807, 2.05) is 19.9 Å². The molecular weight excluding hydrogens is 284 g/mol. The SMILES string of the molecule is Cc1cc(C)c(S(=O)(=O)NC2CCCCCC2)c(C)c1N. The first-order chi connectivity index (χ1) is 9.83. The molecule has 2 rings (SSSR count). The molecule has 1 aromatic rings. The second-order valence-electron chi connectivity index (χ2n) is 6.19. The van der Waals surface area contributed by atoms with E-state index in [1.165, 1.54) is 12.8 Å². The Kier molecular flexibility index (Phi) is 4.94. The number of benzene rings is 1. The zero-order chi connectivity index (χ0) is 15.6. The fraction of sp³-hybridized carbons (Fsp3) is 0.625. The Morgan fingerprint density at radius 3 is 2.19 bits per heavy atom. The van der Waals surface area contributed by atoms with Gasteiger partial charge in [-0.05, 0) is 50.3 Å². The summed E-state index contributed by atoms with van der Waals surface area (Å²) in [6.45, 7) is 5.53. The van der Waals surface area contributed by atoms with Gasteiger partial charge >= 0.3 is 0 Å². The molecule has 3 N–H and O–H groups in total. The first-order valence-electron chi connectivity index (χ1n) is 7.71. The molecule has 0 saturated heterocycles. The minimum absolute atomic E-state index is 0.0545. The van der Waals surface area contributed by atoms with Gasteiger partial charge in [0, 0.05) is 11.7 Å². The van der Waals surface area contributed by atoms with Crippen LogP contribution in [0.4, 0.5) is 5.69 Å². The van der Waals surface area contributed by atoms with Crippen molar-refractivity contribution in [1.82, 2.24) is 4.72 Å². The highest BCUT2D eigenvalue weighted by Crippen LogP contribution is 2.29. The molecule has 0 bridgehead atoms. The van der Waals surface area contributed by atoms with Crippen molar-refractivity contribution in [1.29, 1.82) is 0 Å². The van der Waals surface area contributed by atoms with Crippen molar-refractivity contribution in [2.45, 2.75) is 70.2 Å². The molecule has 5 heteroatoms. The van der Waals surface area contributed by atoms with Crippen molar-refractivity contribution in [3.05, 3.63) is 22.8 Å². The molecular formula is C16H26N2O2S. The average Bonchev–Trinajstić information content (AvgIpc) is 2.63. The van der Waals surface area contributed by atoms with E-state index in [0.29, 0.717) is 16.1 Å². The lowest BCUT2D eigenvalue weighted by molar-refractivity contribution is 0.509. The molecule has 0 aliphatic heterocycles. The number of sulfonamides is 1. The van der Waals surface area contributed by atoms with E-state index in [9.17, 15) is 8.42 Å². The minimum Gasteiger partial charge on any atom is -0.398 e. The van der Waals surface area contributed by atoms with E-state index in [1.54, 1.807) is 6.92 Å². The van der Waals surface area contributed by atoms with Crippen LogP contribution < -0.4 is 10.5 Å². The van der Waals surface area contributed by atoms with Crippen molar-refractivity contribution in [3.8, 4) is 0 Å². The van der Waals surface area contributed by atoms with Gasteiger partial charge in [0.15, 0.2) is 0 Å². The molecule has 0 atom stereocenters. The number of anilines is 1. The number of hydrogen-bond donors (Lipinski definition) is 2. The Morgan fingerprint density at radius 2 is 1.62 bits per heavy atom. The highest BCUT2D eigenvalue weighted by molar-refractivity contribution is 7.89. The molecule has 21 heavy (non-hydrogen) atoms. The quantitative estimate of drug-likeness (QED) is 0.665. The van der Waals surface area contributed by atoms with Crippen LogP contribution in [-0.4, -0.2) is 14.5 Å². The van der Waals surface area contributed by atoms with E-state index in [2.05, 4.69) is 4.72 Å². The van der Waals surface area contributed by atoms with Gasteiger partial charge in [-0.1, -0.05) is 31.7 Å². The molecule has 0 radical (unpaired) electrons. The lowest BCUT2D eigenvalue weighted by atomic mass is 10.1. The predicted octanol–water partition coefficient (Wildman–Crippen LogP) is 3.20. The van der Waals surface area contributed by atoms with Crippen LogP contribution in [0.1, 0.15) is 55.2 Å². The molecule has 4 nitrogen and oxygen atoms in total. The first-order valence-corrected chi connectivity index (χ1v) is 9.20. The van der Waals surface area contributed by atoms with E-state index in [0.717, 1.165) is 36.8 Å².